The minimum absolute atomic E-state index is 0.0769. The third-order valence-electron chi connectivity index (χ3n) is 2.97. The number of hydrogen-bond donors (Lipinski definition) is 1. The van der Waals surface area contributed by atoms with E-state index in [0.717, 1.165) is 19.5 Å². The Hall–Kier alpha value is -0.610. The second kappa shape index (κ2) is 6.21. The van der Waals surface area contributed by atoms with Gasteiger partial charge in [-0.15, -0.1) is 0 Å². The Labute approximate surface area is 98.3 Å². The summed E-state index contributed by atoms with van der Waals surface area (Å²) in [5.74, 6) is -0.0775. The van der Waals surface area contributed by atoms with Gasteiger partial charge in [-0.05, 0) is 27.2 Å². The van der Waals surface area contributed by atoms with Crippen molar-refractivity contribution in [1.29, 1.82) is 0 Å². The molecule has 1 fully saturated rings. The highest BCUT2D eigenvalue weighted by molar-refractivity contribution is 5.75. The first kappa shape index (κ1) is 13.5. The molecule has 1 heterocycles. The lowest BCUT2D eigenvalue weighted by molar-refractivity contribution is -0.150. The van der Waals surface area contributed by atoms with Crippen molar-refractivity contribution in [2.75, 3.05) is 19.7 Å². The highest BCUT2D eigenvalue weighted by Crippen LogP contribution is 2.12. The van der Waals surface area contributed by atoms with Gasteiger partial charge >= 0.3 is 5.97 Å². The topological polar surface area (TPSA) is 41.6 Å². The van der Waals surface area contributed by atoms with Gasteiger partial charge in [0.25, 0.3) is 0 Å². The van der Waals surface area contributed by atoms with Crippen molar-refractivity contribution in [2.24, 2.45) is 0 Å². The predicted octanol–water partition coefficient (Wildman–Crippen LogP) is 1.01. The number of nitrogens with zero attached hydrogens (tertiary/aromatic N) is 1. The van der Waals surface area contributed by atoms with Crippen LogP contribution in [0.15, 0.2) is 0 Å². The minimum Gasteiger partial charge on any atom is -0.465 e. The Morgan fingerprint density at radius 2 is 1.94 bits per heavy atom. The van der Waals surface area contributed by atoms with Crippen molar-refractivity contribution >= 4 is 5.97 Å². The molecule has 1 saturated heterocycles. The third-order valence-corrected chi connectivity index (χ3v) is 2.97. The maximum absolute atomic E-state index is 11.8. The molecule has 4 nitrogen and oxygen atoms in total. The zero-order valence-electron chi connectivity index (χ0n) is 10.8. The lowest BCUT2D eigenvalue weighted by Gasteiger charge is -2.39. The van der Waals surface area contributed by atoms with Crippen molar-refractivity contribution in [3.8, 4) is 0 Å². The normalized spacial score (nSPS) is 28.8. The SMILES string of the molecule is CCOC(=O)C(CC)N1CC(C)NC(C)C1. The maximum atomic E-state index is 11.8. The van der Waals surface area contributed by atoms with Crippen LogP contribution in [-0.2, 0) is 9.53 Å². The second-order valence-electron chi connectivity index (χ2n) is 4.60. The van der Waals surface area contributed by atoms with E-state index >= 15 is 0 Å². The van der Waals surface area contributed by atoms with Crippen LogP contribution in [0.4, 0.5) is 0 Å². The molecule has 4 heteroatoms. The van der Waals surface area contributed by atoms with Crippen LogP contribution in [0.2, 0.25) is 0 Å². The molecule has 0 bridgehead atoms. The molecule has 0 aromatic carbocycles. The van der Waals surface area contributed by atoms with E-state index in [0.29, 0.717) is 18.7 Å². The van der Waals surface area contributed by atoms with Crippen molar-refractivity contribution in [3.05, 3.63) is 0 Å². The first-order chi connectivity index (χ1) is 7.58. The number of nitrogens with one attached hydrogen (secondary N) is 1. The third kappa shape index (κ3) is 3.46. The number of ether oxygens (including phenoxy) is 1. The van der Waals surface area contributed by atoms with Gasteiger partial charge in [0, 0.05) is 25.2 Å². The van der Waals surface area contributed by atoms with Gasteiger partial charge in [0.05, 0.1) is 6.61 Å². The largest absolute Gasteiger partial charge is 0.465 e. The summed E-state index contributed by atoms with van der Waals surface area (Å²) in [6.45, 7) is 10.5. The molecular formula is C12H24N2O2. The minimum atomic E-state index is -0.0775. The van der Waals surface area contributed by atoms with Gasteiger partial charge in [0.2, 0.25) is 0 Å². The molecule has 94 valence electrons. The summed E-state index contributed by atoms with van der Waals surface area (Å²) >= 11 is 0. The van der Waals surface area contributed by atoms with Gasteiger partial charge in [-0.1, -0.05) is 6.92 Å². The van der Waals surface area contributed by atoms with E-state index in [-0.39, 0.29) is 12.0 Å². The molecule has 3 unspecified atom stereocenters. The van der Waals surface area contributed by atoms with Crippen LogP contribution in [0.1, 0.15) is 34.1 Å². The van der Waals surface area contributed by atoms with E-state index in [1.165, 1.54) is 0 Å². The standard InChI is InChI=1S/C12H24N2O2/c1-5-11(12(15)16-6-2)14-7-9(3)13-10(4)8-14/h9-11,13H,5-8H2,1-4H3. The Balaban J connectivity index is 2.60. The fraction of sp³-hybridized carbons (Fsp3) is 0.917. The molecule has 3 atom stereocenters. The van der Waals surface area contributed by atoms with Crippen LogP contribution in [0.25, 0.3) is 0 Å². The molecule has 0 spiro atoms. The molecule has 1 aliphatic rings. The van der Waals surface area contributed by atoms with Gasteiger partial charge in [-0.25, -0.2) is 0 Å². The van der Waals surface area contributed by atoms with Crippen LogP contribution in [0.5, 0.6) is 0 Å². The number of piperazine rings is 1. The number of carbonyl (C=O) groups excluding carboxylic acids is 1. The average molecular weight is 228 g/mol. The fourth-order valence-corrected chi connectivity index (χ4v) is 2.44. The molecule has 1 rings (SSSR count). The molecule has 0 aliphatic carbocycles. The zero-order valence-corrected chi connectivity index (χ0v) is 10.8. The number of esters is 1. The maximum Gasteiger partial charge on any atom is 0.323 e. The van der Waals surface area contributed by atoms with Crippen LogP contribution < -0.4 is 5.32 Å². The predicted molar refractivity (Wildman–Crippen MR) is 64.3 cm³/mol. The first-order valence-electron chi connectivity index (χ1n) is 6.25. The Bertz CT molecular complexity index is 223. The summed E-state index contributed by atoms with van der Waals surface area (Å²) < 4.78 is 5.12. The van der Waals surface area contributed by atoms with Crippen molar-refractivity contribution < 1.29 is 9.53 Å². The average Bonchev–Trinajstić information content (AvgIpc) is 2.17. The quantitative estimate of drug-likeness (QED) is 0.729. The van der Waals surface area contributed by atoms with E-state index in [9.17, 15) is 4.79 Å². The first-order valence-corrected chi connectivity index (χ1v) is 6.25. The summed E-state index contributed by atoms with van der Waals surface area (Å²) in [4.78, 5) is 14.0. The highest BCUT2D eigenvalue weighted by atomic mass is 16.5. The molecule has 0 amide bonds. The molecule has 0 aromatic rings. The van der Waals surface area contributed by atoms with Crippen LogP contribution in [-0.4, -0.2) is 48.7 Å². The van der Waals surface area contributed by atoms with Gasteiger partial charge in [0.15, 0.2) is 0 Å². The van der Waals surface area contributed by atoms with Crippen LogP contribution >= 0.6 is 0 Å². The molecule has 0 saturated carbocycles. The highest BCUT2D eigenvalue weighted by Gasteiger charge is 2.30. The summed E-state index contributed by atoms with van der Waals surface area (Å²) in [5, 5.41) is 3.47. The van der Waals surface area contributed by atoms with Gasteiger partial charge in [-0.3, -0.25) is 9.69 Å². The number of hydrogen-bond acceptors (Lipinski definition) is 4. The summed E-state index contributed by atoms with van der Waals surface area (Å²) in [6.07, 6.45) is 0.818. The zero-order chi connectivity index (χ0) is 12.1. The molecule has 16 heavy (non-hydrogen) atoms. The Morgan fingerprint density at radius 3 is 2.38 bits per heavy atom. The summed E-state index contributed by atoms with van der Waals surface area (Å²) in [5.41, 5.74) is 0. The lowest BCUT2D eigenvalue weighted by atomic mass is 10.1. The molecule has 0 aromatic heterocycles. The number of rotatable bonds is 4. The van der Waals surface area contributed by atoms with Gasteiger partial charge in [0.1, 0.15) is 6.04 Å². The molecule has 1 aliphatic heterocycles. The van der Waals surface area contributed by atoms with Crippen molar-refractivity contribution in [2.45, 2.75) is 52.2 Å². The Kier molecular flexibility index (Phi) is 5.22. The fourth-order valence-electron chi connectivity index (χ4n) is 2.44. The van der Waals surface area contributed by atoms with Gasteiger partial charge in [-0.2, -0.15) is 0 Å². The smallest absolute Gasteiger partial charge is 0.323 e. The van der Waals surface area contributed by atoms with E-state index in [1.807, 2.05) is 13.8 Å². The van der Waals surface area contributed by atoms with Gasteiger partial charge < -0.3 is 10.1 Å². The molecule has 0 radical (unpaired) electrons. The Morgan fingerprint density at radius 1 is 1.38 bits per heavy atom. The molecule has 1 N–H and O–H groups in total. The van der Waals surface area contributed by atoms with Crippen molar-refractivity contribution in [1.82, 2.24) is 10.2 Å². The molecular weight excluding hydrogens is 204 g/mol. The van der Waals surface area contributed by atoms with Crippen LogP contribution in [0.3, 0.4) is 0 Å². The van der Waals surface area contributed by atoms with E-state index in [1.54, 1.807) is 0 Å². The van der Waals surface area contributed by atoms with E-state index in [4.69, 9.17) is 4.74 Å². The second-order valence-corrected chi connectivity index (χ2v) is 4.60. The number of carbonyl (C=O) groups is 1. The van der Waals surface area contributed by atoms with Crippen LogP contribution in [0, 0.1) is 0 Å². The van der Waals surface area contributed by atoms with Crippen molar-refractivity contribution in [3.63, 3.8) is 0 Å². The monoisotopic (exact) mass is 228 g/mol. The summed E-state index contributed by atoms with van der Waals surface area (Å²) in [7, 11) is 0. The van der Waals surface area contributed by atoms with E-state index < -0.39 is 0 Å². The lowest BCUT2D eigenvalue weighted by Crippen LogP contribution is -2.58. The van der Waals surface area contributed by atoms with E-state index in [2.05, 4.69) is 24.1 Å². The summed E-state index contributed by atoms with van der Waals surface area (Å²) in [6, 6.07) is 0.798.